The first kappa shape index (κ1) is 19.7. The van der Waals surface area contributed by atoms with Gasteiger partial charge in [0.15, 0.2) is 5.96 Å². The first-order chi connectivity index (χ1) is 11.6. The molecule has 7 heteroatoms. The molecule has 0 amide bonds. The number of fused-ring (bicyclic) bond motifs is 1. The van der Waals surface area contributed by atoms with Crippen LogP contribution in [0.25, 0.3) is 10.1 Å². The molecule has 0 radical (unpaired) electrons. The average molecular weight is 469 g/mol. The van der Waals surface area contributed by atoms with E-state index in [0.717, 1.165) is 24.7 Å². The molecule has 0 aliphatic heterocycles. The van der Waals surface area contributed by atoms with Crippen LogP contribution in [0.5, 0.6) is 0 Å². The van der Waals surface area contributed by atoms with Gasteiger partial charge in [0.1, 0.15) is 0 Å². The van der Waals surface area contributed by atoms with Crippen molar-refractivity contribution in [3.05, 3.63) is 52.2 Å². The maximum atomic E-state index is 4.45. The van der Waals surface area contributed by atoms with Gasteiger partial charge in [-0.3, -0.25) is 9.67 Å². The van der Waals surface area contributed by atoms with Crippen molar-refractivity contribution in [2.45, 2.75) is 26.9 Å². The number of rotatable bonds is 4. The molecule has 0 bridgehead atoms. The van der Waals surface area contributed by atoms with Crippen molar-refractivity contribution in [2.75, 3.05) is 7.05 Å². The lowest BCUT2D eigenvalue weighted by Gasteiger charge is -2.12. The third-order valence-corrected chi connectivity index (χ3v) is 5.33. The summed E-state index contributed by atoms with van der Waals surface area (Å²) in [6.07, 6.45) is 0. The summed E-state index contributed by atoms with van der Waals surface area (Å²) in [6, 6.07) is 8.49. The molecule has 2 aromatic heterocycles. The quantitative estimate of drug-likeness (QED) is 0.348. The Morgan fingerprint density at radius 3 is 2.60 bits per heavy atom. The molecule has 0 unspecified atom stereocenters. The lowest BCUT2D eigenvalue weighted by Crippen LogP contribution is -2.36. The molecular formula is C18H24IN5S. The number of thiophene rings is 1. The first-order valence-electron chi connectivity index (χ1n) is 7.99. The summed E-state index contributed by atoms with van der Waals surface area (Å²) < 4.78 is 3.24. The Morgan fingerprint density at radius 1 is 1.20 bits per heavy atom. The van der Waals surface area contributed by atoms with E-state index in [9.17, 15) is 0 Å². The highest BCUT2D eigenvalue weighted by Gasteiger charge is 2.10. The van der Waals surface area contributed by atoms with E-state index in [0.29, 0.717) is 0 Å². The lowest BCUT2D eigenvalue weighted by molar-refractivity contribution is 0.728. The molecule has 2 heterocycles. The van der Waals surface area contributed by atoms with Crippen molar-refractivity contribution < 1.29 is 0 Å². The minimum absolute atomic E-state index is 0. The zero-order chi connectivity index (χ0) is 17.1. The largest absolute Gasteiger partial charge is 0.352 e. The van der Waals surface area contributed by atoms with Gasteiger partial charge in [-0.15, -0.1) is 35.3 Å². The summed E-state index contributed by atoms with van der Waals surface area (Å²) in [5, 5.41) is 14.7. The van der Waals surface area contributed by atoms with Crippen molar-refractivity contribution >= 4 is 51.4 Å². The second-order valence-corrected chi connectivity index (χ2v) is 6.72. The molecule has 3 rings (SSSR count). The van der Waals surface area contributed by atoms with Crippen molar-refractivity contribution in [2.24, 2.45) is 12.0 Å². The van der Waals surface area contributed by atoms with Crippen LogP contribution in [0.3, 0.4) is 0 Å². The first-order valence-corrected chi connectivity index (χ1v) is 8.86. The Balaban J connectivity index is 0.00000225. The van der Waals surface area contributed by atoms with E-state index in [1.54, 1.807) is 18.4 Å². The maximum absolute atomic E-state index is 4.45. The third kappa shape index (κ3) is 4.33. The van der Waals surface area contributed by atoms with Gasteiger partial charge in [-0.1, -0.05) is 18.2 Å². The highest BCUT2D eigenvalue weighted by molar-refractivity contribution is 14.0. The lowest BCUT2D eigenvalue weighted by atomic mass is 10.2. The van der Waals surface area contributed by atoms with Gasteiger partial charge in [-0.2, -0.15) is 5.10 Å². The van der Waals surface area contributed by atoms with Crippen LogP contribution in [0.2, 0.25) is 0 Å². The summed E-state index contributed by atoms with van der Waals surface area (Å²) in [5.41, 5.74) is 4.76. The molecule has 0 saturated heterocycles. The van der Waals surface area contributed by atoms with Crippen LogP contribution in [-0.2, 0) is 20.1 Å². The standard InChI is InChI=1S/C18H23N5S.HI/c1-12-16(13(2)23(4)22-12)10-21-18(19-3)20-9-14-11-24-17-8-6-5-7-15(14)17;/h5-8,11H,9-10H2,1-4H3,(H2,19,20,21);1H. The number of halogens is 1. The molecule has 0 spiro atoms. The van der Waals surface area contributed by atoms with Crippen LogP contribution in [0.1, 0.15) is 22.5 Å². The fourth-order valence-corrected chi connectivity index (χ4v) is 3.78. The number of aromatic nitrogens is 2. The molecule has 0 saturated carbocycles. The predicted molar refractivity (Wildman–Crippen MR) is 117 cm³/mol. The van der Waals surface area contributed by atoms with Crippen LogP contribution in [0.15, 0.2) is 34.6 Å². The van der Waals surface area contributed by atoms with Gasteiger partial charge in [0.2, 0.25) is 0 Å². The number of hydrogen-bond acceptors (Lipinski definition) is 3. The van der Waals surface area contributed by atoms with Gasteiger partial charge < -0.3 is 10.6 Å². The SMILES string of the molecule is CN=C(NCc1c(C)nn(C)c1C)NCc1csc2ccccc12.I. The fraction of sp³-hybridized carbons (Fsp3) is 0.333. The number of nitrogens with zero attached hydrogens (tertiary/aromatic N) is 3. The Morgan fingerprint density at radius 2 is 1.92 bits per heavy atom. The van der Waals surface area contributed by atoms with E-state index >= 15 is 0 Å². The normalized spacial score (nSPS) is 11.4. The summed E-state index contributed by atoms with van der Waals surface area (Å²) in [6.45, 7) is 5.60. The van der Waals surface area contributed by atoms with Crippen molar-refractivity contribution in [3.63, 3.8) is 0 Å². The van der Waals surface area contributed by atoms with E-state index in [2.05, 4.69) is 57.3 Å². The molecule has 25 heavy (non-hydrogen) atoms. The molecule has 0 aliphatic rings. The summed E-state index contributed by atoms with van der Waals surface area (Å²) in [7, 11) is 3.77. The summed E-state index contributed by atoms with van der Waals surface area (Å²) in [5.74, 6) is 0.799. The van der Waals surface area contributed by atoms with Gasteiger partial charge in [-0.05, 0) is 36.2 Å². The van der Waals surface area contributed by atoms with Gasteiger partial charge in [0, 0.05) is 43.1 Å². The minimum Gasteiger partial charge on any atom is -0.352 e. The van der Waals surface area contributed by atoms with E-state index < -0.39 is 0 Å². The van der Waals surface area contributed by atoms with Crippen LogP contribution in [0.4, 0.5) is 0 Å². The Kier molecular flexibility index (Phi) is 6.83. The van der Waals surface area contributed by atoms with E-state index in [1.165, 1.54) is 26.9 Å². The fourth-order valence-electron chi connectivity index (χ4n) is 2.81. The maximum Gasteiger partial charge on any atom is 0.191 e. The molecule has 2 N–H and O–H groups in total. The van der Waals surface area contributed by atoms with Crippen LogP contribution < -0.4 is 10.6 Å². The third-order valence-electron chi connectivity index (χ3n) is 4.32. The van der Waals surface area contributed by atoms with E-state index in [-0.39, 0.29) is 24.0 Å². The topological polar surface area (TPSA) is 54.2 Å². The smallest absolute Gasteiger partial charge is 0.191 e. The summed E-state index contributed by atoms with van der Waals surface area (Å²) in [4.78, 5) is 4.32. The molecule has 1 aromatic carbocycles. The van der Waals surface area contributed by atoms with Gasteiger partial charge >= 0.3 is 0 Å². The molecule has 0 atom stereocenters. The van der Waals surface area contributed by atoms with E-state index in [1.807, 2.05) is 18.7 Å². The number of hydrogen-bond donors (Lipinski definition) is 2. The highest BCUT2D eigenvalue weighted by atomic mass is 127. The molecule has 0 aliphatic carbocycles. The molecule has 5 nitrogen and oxygen atoms in total. The Hall–Kier alpha value is -1.61. The Labute approximate surface area is 169 Å². The van der Waals surface area contributed by atoms with Crippen molar-refractivity contribution in [1.82, 2.24) is 20.4 Å². The van der Waals surface area contributed by atoms with Gasteiger partial charge in [0.05, 0.1) is 5.69 Å². The number of aliphatic imine (C=N–C) groups is 1. The molecule has 3 aromatic rings. The number of aryl methyl sites for hydroxylation is 2. The number of benzene rings is 1. The monoisotopic (exact) mass is 469 g/mol. The highest BCUT2D eigenvalue weighted by Crippen LogP contribution is 2.25. The zero-order valence-corrected chi connectivity index (χ0v) is 18.1. The second kappa shape index (κ2) is 8.66. The van der Waals surface area contributed by atoms with Gasteiger partial charge in [-0.25, -0.2) is 0 Å². The van der Waals surface area contributed by atoms with Crippen molar-refractivity contribution in [3.8, 4) is 0 Å². The predicted octanol–water partition coefficient (Wildman–Crippen LogP) is 3.73. The van der Waals surface area contributed by atoms with Crippen LogP contribution in [-0.4, -0.2) is 22.8 Å². The minimum atomic E-state index is 0. The number of guanidine groups is 1. The average Bonchev–Trinajstić information content (AvgIpc) is 3.10. The van der Waals surface area contributed by atoms with Gasteiger partial charge in [0.25, 0.3) is 0 Å². The van der Waals surface area contributed by atoms with Crippen LogP contribution >= 0.6 is 35.3 Å². The van der Waals surface area contributed by atoms with Crippen molar-refractivity contribution in [1.29, 1.82) is 0 Å². The molecular weight excluding hydrogens is 445 g/mol. The molecule has 134 valence electrons. The Bertz CT molecular complexity index is 881. The van der Waals surface area contributed by atoms with Crippen LogP contribution in [0, 0.1) is 13.8 Å². The summed E-state index contributed by atoms with van der Waals surface area (Å²) >= 11 is 1.78. The number of nitrogens with one attached hydrogen (secondary N) is 2. The van der Waals surface area contributed by atoms with E-state index in [4.69, 9.17) is 0 Å². The zero-order valence-electron chi connectivity index (χ0n) is 15.0. The molecule has 0 fully saturated rings. The second-order valence-electron chi connectivity index (χ2n) is 5.81.